The Balaban J connectivity index is 1.70. The number of aromatic amines is 1. The van der Waals surface area contributed by atoms with Crippen LogP contribution in [0.25, 0.3) is 0 Å². The molecule has 1 amide bonds. The second-order valence-corrected chi connectivity index (χ2v) is 6.85. The maximum absolute atomic E-state index is 11.8. The van der Waals surface area contributed by atoms with E-state index in [0.717, 1.165) is 25.7 Å². The number of aromatic nitrogens is 4. The van der Waals surface area contributed by atoms with Crippen LogP contribution in [0.1, 0.15) is 65.2 Å². The topological polar surface area (TPSA) is 105 Å². The molecule has 1 aliphatic rings. The fourth-order valence-corrected chi connectivity index (χ4v) is 2.66. The smallest absolute Gasteiger partial charge is 0.407 e. The quantitative estimate of drug-likeness (QED) is 0.781. The van der Waals surface area contributed by atoms with E-state index in [0.29, 0.717) is 11.9 Å². The summed E-state index contributed by atoms with van der Waals surface area (Å²) in [6, 6.07) is 0.665. The van der Waals surface area contributed by atoms with E-state index in [4.69, 9.17) is 4.74 Å². The molecule has 1 atom stereocenters. The van der Waals surface area contributed by atoms with Gasteiger partial charge in [-0.15, -0.1) is 10.2 Å². The Labute approximate surface area is 130 Å². The van der Waals surface area contributed by atoms with Crippen LogP contribution in [0.5, 0.6) is 0 Å². The first-order chi connectivity index (χ1) is 10.3. The average molecular weight is 310 g/mol. The lowest BCUT2D eigenvalue weighted by Gasteiger charge is -2.31. The molecule has 0 bridgehead atoms. The van der Waals surface area contributed by atoms with Crippen molar-refractivity contribution in [1.29, 1.82) is 0 Å². The SMILES string of the molecule is CC(NC1CCC(NC(=O)OC(C)(C)C)CC1)c1nn[nH]n1. The largest absolute Gasteiger partial charge is 0.444 e. The van der Waals surface area contributed by atoms with Gasteiger partial charge in [-0.2, -0.15) is 5.21 Å². The molecule has 0 saturated heterocycles. The van der Waals surface area contributed by atoms with Crippen LogP contribution >= 0.6 is 0 Å². The molecular formula is C14H26N6O2. The maximum Gasteiger partial charge on any atom is 0.407 e. The van der Waals surface area contributed by atoms with Crippen molar-refractivity contribution in [2.24, 2.45) is 0 Å². The molecule has 1 heterocycles. The van der Waals surface area contributed by atoms with Crippen LogP contribution in [-0.4, -0.2) is 44.4 Å². The van der Waals surface area contributed by atoms with E-state index in [1.807, 2.05) is 27.7 Å². The molecule has 0 aliphatic heterocycles. The minimum Gasteiger partial charge on any atom is -0.444 e. The third-order valence-corrected chi connectivity index (χ3v) is 3.68. The van der Waals surface area contributed by atoms with Crippen molar-refractivity contribution in [3.63, 3.8) is 0 Å². The molecule has 1 fully saturated rings. The van der Waals surface area contributed by atoms with Gasteiger partial charge in [-0.25, -0.2) is 4.79 Å². The summed E-state index contributed by atoms with van der Waals surface area (Å²) in [6.07, 6.45) is 3.56. The van der Waals surface area contributed by atoms with Gasteiger partial charge < -0.3 is 15.4 Å². The van der Waals surface area contributed by atoms with Crippen molar-refractivity contribution in [2.45, 2.75) is 77.1 Å². The molecule has 2 rings (SSSR count). The molecule has 1 unspecified atom stereocenters. The van der Waals surface area contributed by atoms with Crippen LogP contribution in [0.4, 0.5) is 4.79 Å². The number of alkyl carbamates (subject to hydrolysis) is 1. The van der Waals surface area contributed by atoms with Gasteiger partial charge >= 0.3 is 6.09 Å². The zero-order valence-corrected chi connectivity index (χ0v) is 13.7. The Morgan fingerprint density at radius 2 is 1.91 bits per heavy atom. The molecular weight excluding hydrogens is 284 g/mol. The molecule has 1 aliphatic carbocycles. The highest BCUT2D eigenvalue weighted by Crippen LogP contribution is 2.21. The van der Waals surface area contributed by atoms with Crippen LogP contribution < -0.4 is 10.6 Å². The number of hydrogen-bond acceptors (Lipinski definition) is 6. The zero-order valence-electron chi connectivity index (χ0n) is 13.7. The fourth-order valence-electron chi connectivity index (χ4n) is 2.66. The van der Waals surface area contributed by atoms with E-state index < -0.39 is 5.60 Å². The lowest BCUT2D eigenvalue weighted by Crippen LogP contribution is -2.44. The number of ether oxygens (including phenoxy) is 1. The molecule has 8 nitrogen and oxygen atoms in total. The van der Waals surface area contributed by atoms with Crippen LogP contribution in [0.15, 0.2) is 0 Å². The lowest BCUT2D eigenvalue weighted by atomic mass is 9.91. The van der Waals surface area contributed by atoms with Crippen molar-refractivity contribution < 1.29 is 9.53 Å². The maximum atomic E-state index is 11.8. The van der Waals surface area contributed by atoms with Crippen molar-refractivity contribution in [3.8, 4) is 0 Å². The van der Waals surface area contributed by atoms with Gasteiger partial charge in [0.15, 0.2) is 5.82 Å². The molecule has 1 aromatic rings. The Kier molecular flexibility index (Phi) is 5.33. The summed E-state index contributed by atoms with van der Waals surface area (Å²) in [6.45, 7) is 7.63. The summed E-state index contributed by atoms with van der Waals surface area (Å²) < 4.78 is 5.29. The second kappa shape index (κ2) is 7.04. The summed E-state index contributed by atoms with van der Waals surface area (Å²) in [7, 11) is 0. The van der Waals surface area contributed by atoms with Gasteiger partial charge in [0.05, 0.1) is 6.04 Å². The summed E-state index contributed by atoms with van der Waals surface area (Å²) in [5.41, 5.74) is -0.455. The molecule has 3 N–H and O–H groups in total. The van der Waals surface area contributed by atoms with Crippen LogP contribution in [-0.2, 0) is 4.74 Å². The Morgan fingerprint density at radius 3 is 2.45 bits per heavy atom. The number of H-pyrrole nitrogens is 1. The summed E-state index contributed by atoms with van der Waals surface area (Å²) in [5, 5.41) is 20.5. The molecule has 22 heavy (non-hydrogen) atoms. The number of tetrazole rings is 1. The number of nitrogens with zero attached hydrogens (tertiary/aromatic N) is 3. The van der Waals surface area contributed by atoms with Crippen molar-refractivity contribution in [2.75, 3.05) is 0 Å². The predicted octanol–water partition coefficient (Wildman–Crippen LogP) is 1.69. The number of carbonyl (C=O) groups is 1. The number of hydrogen-bond donors (Lipinski definition) is 3. The number of carbonyl (C=O) groups excluding carboxylic acids is 1. The monoisotopic (exact) mass is 310 g/mol. The summed E-state index contributed by atoms with van der Waals surface area (Å²) in [5.74, 6) is 0.675. The molecule has 0 spiro atoms. The second-order valence-electron chi connectivity index (χ2n) is 6.85. The molecule has 0 radical (unpaired) electrons. The fraction of sp³-hybridized carbons (Fsp3) is 0.857. The third kappa shape index (κ3) is 5.25. The lowest BCUT2D eigenvalue weighted by molar-refractivity contribution is 0.0489. The molecule has 124 valence electrons. The number of amides is 1. The minimum atomic E-state index is -0.455. The van der Waals surface area contributed by atoms with Gasteiger partial charge in [0.25, 0.3) is 0 Å². The summed E-state index contributed by atoms with van der Waals surface area (Å²) >= 11 is 0. The van der Waals surface area contributed by atoms with Crippen LogP contribution in [0.3, 0.4) is 0 Å². The van der Waals surface area contributed by atoms with Crippen molar-refractivity contribution in [3.05, 3.63) is 5.82 Å². The first kappa shape index (κ1) is 16.7. The summed E-state index contributed by atoms with van der Waals surface area (Å²) in [4.78, 5) is 11.8. The Hall–Kier alpha value is -1.70. The normalized spacial score (nSPS) is 23.8. The van der Waals surface area contributed by atoms with E-state index in [9.17, 15) is 4.79 Å². The Morgan fingerprint density at radius 1 is 1.27 bits per heavy atom. The number of rotatable bonds is 4. The molecule has 0 aromatic carbocycles. The van der Waals surface area contributed by atoms with E-state index in [1.54, 1.807) is 0 Å². The first-order valence-corrected chi connectivity index (χ1v) is 7.82. The van der Waals surface area contributed by atoms with Crippen LogP contribution in [0, 0.1) is 0 Å². The first-order valence-electron chi connectivity index (χ1n) is 7.82. The molecule has 1 aromatic heterocycles. The predicted molar refractivity (Wildman–Crippen MR) is 81.1 cm³/mol. The van der Waals surface area contributed by atoms with E-state index in [2.05, 4.69) is 31.3 Å². The standard InChI is InChI=1S/C14H26N6O2/c1-9(12-17-19-20-18-12)15-10-5-7-11(8-6-10)16-13(21)22-14(2,3)4/h9-11,15H,5-8H2,1-4H3,(H,16,21)(H,17,18,19,20). The van der Waals surface area contributed by atoms with Crippen molar-refractivity contribution >= 4 is 6.09 Å². The molecule has 1 saturated carbocycles. The average Bonchev–Trinajstić information content (AvgIpc) is 2.92. The highest BCUT2D eigenvalue weighted by molar-refractivity contribution is 5.68. The number of nitrogens with one attached hydrogen (secondary N) is 3. The van der Waals surface area contributed by atoms with Gasteiger partial charge in [-0.3, -0.25) is 0 Å². The van der Waals surface area contributed by atoms with E-state index >= 15 is 0 Å². The van der Waals surface area contributed by atoms with Gasteiger partial charge in [-0.05, 0) is 53.4 Å². The minimum absolute atomic E-state index is 0.0686. The van der Waals surface area contributed by atoms with Crippen LogP contribution in [0.2, 0.25) is 0 Å². The van der Waals surface area contributed by atoms with E-state index in [-0.39, 0.29) is 18.2 Å². The van der Waals surface area contributed by atoms with Crippen molar-refractivity contribution in [1.82, 2.24) is 31.3 Å². The molecule has 8 heteroatoms. The zero-order chi connectivity index (χ0) is 16.2. The van der Waals surface area contributed by atoms with E-state index in [1.165, 1.54) is 0 Å². The van der Waals surface area contributed by atoms with Gasteiger partial charge in [0, 0.05) is 12.1 Å². The van der Waals surface area contributed by atoms with Gasteiger partial charge in [0.1, 0.15) is 5.60 Å². The highest BCUT2D eigenvalue weighted by atomic mass is 16.6. The van der Waals surface area contributed by atoms with Gasteiger partial charge in [-0.1, -0.05) is 5.21 Å². The highest BCUT2D eigenvalue weighted by Gasteiger charge is 2.26. The Bertz CT molecular complexity index is 462. The third-order valence-electron chi connectivity index (χ3n) is 3.68. The van der Waals surface area contributed by atoms with Gasteiger partial charge in [0.2, 0.25) is 0 Å².